The minimum Gasteiger partial charge on any atom is -0.497 e. The molecular formula is C22H19FN2O3S. The first-order valence-corrected chi connectivity index (χ1v) is 9.92. The molecule has 1 aromatic heterocycles. The summed E-state index contributed by atoms with van der Waals surface area (Å²) in [4.78, 5) is 25.6. The van der Waals surface area contributed by atoms with E-state index in [4.69, 9.17) is 4.74 Å². The van der Waals surface area contributed by atoms with E-state index in [1.54, 1.807) is 19.2 Å². The number of rotatable bonds is 4. The first-order chi connectivity index (χ1) is 14.0. The molecule has 3 aromatic rings. The second-order valence-electron chi connectivity index (χ2n) is 6.81. The second kappa shape index (κ2) is 7.67. The fourth-order valence-electron chi connectivity index (χ4n) is 3.58. The monoisotopic (exact) mass is 410 g/mol. The molecule has 0 radical (unpaired) electrons. The molecule has 0 saturated carbocycles. The van der Waals surface area contributed by atoms with E-state index < -0.39 is 11.7 Å². The van der Waals surface area contributed by atoms with Gasteiger partial charge in [0.25, 0.3) is 5.91 Å². The van der Waals surface area contributed by atoms with Crippen molar-refractivity contribution < 1.29 is 18.7 Å². The second-order valence-corrected chi connectivity index (χ2v) is 7.83. The van der Waals surface area contributed by atoms with Crippen LogP contribution in [0.3, 0.4) is 0 Å². The molecule has 1 aliphatic heterocycles. The summed E-state index contributed by atoms with van der Waals surface area (Å²) in [6.07, 6.45) is 0.297. The predicted molar refractivity (Wildman–Crippen MR) is 111 cm³/mol. The molecule has 1 unspecified atom stereocenters. The summed E-state index contributed by atoms with van der Waals surface area (Å²) in [5, 5.41) is 6.16. The van der Waals surface area contributed by atoms with Crippen molar-refractivity contribution in [1.82, 2.24) is 0 Å². The Morgan fingerprint density at radius 2 is 1.93 bits per heavy atom. The molecule has 1 atom stereocenters. The highest BCUT2D eigenvalue weighted by Crippen LogP contribution is 2.45. The molecule has 148 valence electrons. The third-order valence-corrected chi connectivity index (χ3v) is 6.25. The number of fused-ring (bicyclic) bond motifs is 1. The molecule has 2 N–H and O–H groups in total. The number of halogens is 1. The van der Waals surface area contributed by atoms with Crippen molar-refractivity contribution in [3.8, 4) is 5.75 Å². The van der Waals surface area contributed by atoms with E-state index in [0.717, 1.165) is 22.4 Å². The zero-order valence-corrected chi connectivity index (χ0v) is 16.7. The smallest absolute Gasteiger partial charge is 0.266 e. The summed E-state index contributed by atoms with van der Waals surface area (Å²) in [6.45, 7) is 1.86. The van der Waals surface area contributed by atoms with Crippen LogP contribution in [-0.4, -0.2) is 18.9 Å². The predicted octanol–water partition coefficient (Wildman–Crippen LogP) is 4.93. The van der Waals surface area contributed by atoms with Gasteiger partial charge in [-0.2, -0.15) is 0 Å². The van der Waals surface area contributed by atoms with E-state index >= 15 is 0 Å². The molecule has 0 bridgehead atoms. The molecule has 1 aliphatic rings. The fraction of sp³-hybridized carbons (Fsp3) is 0.182. The van der Waals surface area contributed by atoms with Crippen LogP contribution in [0.2, 0.25) is 0 Å². The van der Waals surface area contributed by atoms with Crippen molar-refractivity contribution in [2.75, 3.05) is 17.7 Å². The van der Waals surface area contributed by atoms with Crippen molar-refractivity contribution >= 4 is 33.8 Å². The first kappa shape index (κ1) is 19.1. The lowest BCUT2D eigenvalue weighted by Gasteiger charge is -2.24. The number of benzene rings is 2. The van der Waals surface area contributed by atoms with Gasteiger partial charge in [0, 0.05) is 12.3 Å². The molecule has 2 heterocycles. The number of carbonyl (C=O) groups excluding carboxylic acids is 2. The van der Waals surface area contributed by atoms with Crippen LogP contribution in [0.15, 0.2) is 48.5 Å². The lowest BCUT2D eigenvalue weighted by atomic mass is 9.85. The topological polar surface area (TPSA) is 67.4 Å². The standard InChI is InChI=1S/C22H19FN2O3S/c1-12-19-15(13-7-9-14(28-2)10-8-13)11-18(26)25-22(19)29-20(12)21(27)24-17-6-4-3-5-16(17)23/h3-10,15H,11H2,1-2H3,(H,24,27)(H,25,26). The van der Waals surface area contributed by atoms with Crippen LogP contribution in [0.1, 0.15) is 38.7 Å². The minimum absolute atomic E-state index is 0.0966. The van der Waals surface area contributed by atoms with Crippen molar-refractivity contribution in [3.63, 3.8) is 0 Å². The van der Waals surface area contributed by atoms with Crippen molar-refractivity contribution in [2.45, 2.75) is 19.3 Å². The third-order valence-electron chi connectivity index (χ3n) is 5.03. The molecule has 0 aliphatic carbocycles. The number of ether oxygens (including phenoxy) is 1. The average molecular weight is 410 g/mol. The fourth-order valence-corrected chi connectivity index (χ4v) is 4.76. The molecule has 7 heteroatoms. The molecule has 0 spiro atoms. The molecule has 4 rings (SSSR count). The van der Waals surface area contributed by atoms with E-state index in [0.29, 0.717) is 16.3 Å². The third kappa shape index (κ3) is 3.61. The molecule has 29 heavy (non-hydrogen) atoms. The SMILES string of the molecule is COc1ccc(C2CC(=O)Nc3sc(C(=O)Nc4ccccc4F)c(C)c32)cc1. The number of hydrogen-bond donors (Lipinski definition) is 2. The van der Waals surface area contributed by atoms with E-state index in [1.807, 2.05) is 31.2 Å². The van der Waals surface area contributed by atoms with Gasteiger partial charge in [0.1, 0.15) is 11.6 Å². The zero-order chi connectivity index (χ0) is 20.5. The van der Waals surface area contributed by atoms with Crippen LogP contribution in [-0.2, 0) is 4.79 Å². The lowest BCUT2D eigenvalue weighted by Crippen LogP contribution is -2.22. The Balaban J connectivity index is 1.70. The average Bonchev–Trinajstić information content (AvgIpc) is 3.05. The van der Waals surface area contributed by atoms with Gasteiger partial charge in [-0.3, -0.25) is 9.59 Å². The molecule has 2 amide bonds. The van der Waals surface area contributed by atoms with Crippen LogP contribution < -0.4 is 15.4 Å². The summed E-state index contributed by atoms with van der Waals surface area (Å²) in [6, 6.07) is 13.6. The van der Waals surface area contributed by atoms with Gasteiger partial charge in [0.05, 0.1) is 22.7 Å². The van der Waals surface area contributed by atoms with Gasteiger partial charge in [-0.25, -0.2) is 4.39 Å². The van der Waals surface area contributed by atoms with Gasteiger partial charge >= 0.3 is 0 Å². The maximum atomic E-state index is 13.9. The number of thiophene rings is 1. The van der Waals surface area contributed by atoms with Gasteiger partial charge in [0.2, 0.25) is 5.91 Å². The van der Waals surface area contributed by atoms with Crippen LogP contribution in [0, 0.1) is 12.7 Å². The van der Waals surface area contributed by atoms with Crippen LogP contribution in [0.5, 0.6) is 5.75 Å². The zero-order valence-electron chi connectivity index (χ0n) is 15.9. The number of amides is 2. The Morgan fingerprint density at radius 3 is 2.62 bits per heavy atom. The van der Waals surface area contributed by atoms with Crippen LogP contribution in [0.25, 0.3) is 0 Å². The number of para-hydroxylation sites is 1. The van der Waals surface area contributed by atoms with E-state index in [2.05, 4.69) is 10.6 Å². The van der Waals surface area contributed by atoms with Crippen molar-refractivity contribution in [2.24, 2.45) is 0 Å². The van der Waals surface area contributed by atoms with Gasteiger partial charge in [0.15, 0.2) is 0 Å². The number of methoxy groups -OCH3 is 1. The summed E-state index contributed by atoms with van der Waals surface area (Å²) >= 11 is 1.21. The van der Waals surface area contributed by atoms with E-state index in [1.165, 1.54) is 23.5 Å². The Morgan fingerprint density at radius 1 is 1.21 bits per heavy atom. The Hall–Kier alpha value is -3.19. The van der Waals surface area contributed by atoms with Crippen LogP contribution >= 0.6 is 11.3 Å². The summed E-state index contributed by atoms with van der Waals surface area (Å²) in [5.41, 5.74) is 2.82. The minimum atomic E-state index is -0.496. The summed E-state index contributed by atoms with van der Waals surface area (Å²) in [7, 11) is 1.60. The molecule has 5 nitrogen and oxygen atoms in total. The van der Waals surface area contributed by atoms with Gasteiger partial charge in [-0.1, -0.05) is 24.3 Å². The van der Waals surface area contributed by atoms with E-state index in [9.17, 15) is 14.0 Å². The van der Waals surface area contributed by atoms with Gasteiger partial charge in [-0.15, -0.1) is 11.3 Å². The van der Waals surface area contributed by atoms with Gasteiger partial charge < -0.3 is 15.4 Å². The van der Waals surface area contributed by atoms with Crippen molar-refractivity contribution in [1.29, 1.82) is 0 Å². The quantitative estimate of drug-likeness (QED) is 0.641. The largest absolute Gasteiger partial charge is 0.497 e. The number of hydrogen-bond acceptors (Lipinski definition) is 4. The van der Waals surface area contributed by atoms with Crippen molar-refractivity contribution in [3.05, 3.63) is 75.9 Å². The maximum Gasteiger partial charge on any atom is 0.266 e. The Bertz CT molecular complexity index is 1090. The summed E-state index contributed by atoms with van der Waals surface area (Å²) in [5.74, 6) is -0.406. The number of carbonyl (C=O) groups is 2. The number of anilines is 2. The Labute approximate surface area is 171 Å². The lowest BCUT2D eigenvalue weighted by molar-refractivity contribution is -0.116. The van der Waals surface area contributed by atoms with Crippen LogP contribution in [0.4, 0.5) is 15.1 Å². The highest BCUT2D eigenvalue weighted by Gasteiger charge is 2.33. The highest BCUT2D eigenvalue weighted by atomic mass is 32.1. The van der Waals surface area contributed by atoms with Gasteiger partial charge in [-0.05, 0) is 47.9 Å². The normalized spacial score (nSPS) is 15.4. The first-order valence-electron chi connectivity index (χ1n) is 9.11. The maximum absolute atomic E-state index is 13.9. The molecule has 0 fully saturated rings. The molecule has 2 aromatic carbocycles. The molecule has 0 saturated heterocycles. The molecular weight excluding hydrogens is 391 g/mol. The van der Waals surface area contributed by atoms with E-state index in [-0.39, 0.29) is 17.5 Å². The number of nitrogens with one attached hydrogen (secondary N) is 2. The summed E-state index contributed by atoms with van der Waals surface area (Å²) < 4.78 is 19.1. The Kier molecular flexibility index (Phi) is 5.07. The highest BCUT2D eigenvalue weighted by molar-refractivity contribution is 7.18.